The van der Waals surface area contributed by atoms with E-state index in [-0.39, 0.29) is 13.0 Å². The lowest BCUT2D eigenvalue weighted by atomic mass is 9.99. The smallest absolute Gasteiger partial charge is 0.306 e. The van der Waals surface area contributed by atoms with Gasteiger partial charge in [-0.2, -0.15) is 0 Å². The fourth-order valence-electron chi connectivity index (χ4n) is 9.18. The summed E-state index contributed by atoms with van der Waals surface area (Å²) in [5.74, 6) is -1.20. The Labute approximate surface area is 422 Å². The van der Waals surface area contributed by atoms with Crippen molar-refractivity contribution in [1.29, 1.82) is 0 Å². The Bertz CT molecular complexity index is 1220. The third-order valence-corrected chi connectivity index (χ3v) is 13.9. The molecule has 6 N–H and O–H groups in total. The predicted octanol–water partition coefficient (Wildman–Crippen LogP) is 12.9. The molecule has 1 aliphatic heterocycles. The number of aliphatic hydroxyl groups excluding tert-OH is 5. The Kier molecular flexibility index (Phi) is 44.5. The van der Waals surface area contributed by atoms with Crippen molar-refractivity contribution in [3.63, 3.8) is 0 Å². The molecule has 8 atom stereocenters. The molecule has 1 aliphatic rings. The van der Waals surface area contributed by atoms with Crippen molar-refractivity contribution in [3.05, 3.63) is 24.3 Å². The van der Waals surface area contributed by atoms with E-state index in [1.165, 1.54) is 161 Å². The molecule has 1 amide bonds. The minimum Gasteiger partial charge on any atom is -0.454 e. The maximum absolute atomic E-state index is 13.4. The zero-order valence-electron chi connectivity index (χ0n) is 44.7. The second-order valence-electron chi connectivity index (χ2n) is 20.4. The van der Waals surface area contributed by atoms with Gasteiger partial charge < -0.3 is 45.1 Å². The molecule has 0 aromatic carbocycles. The van der Waals surface area contributed by atoms with E-state index in [0.29, 0.717) is 19.3 Å². The molecule has 0 aromatic rings. The average molecular weight is 981 g/mol. The first-order valence-corrected chi connectivity index (χ1v) is 29.1. The standard InChI is InChI=1S/C58H109NO10/c1-4-7-10-13-16-19-22-25-27-30-33-36-39-42-45-51(62)57(66)59-49(50(61)44-41-38-35-32-29-24-21-18-15-12-9-6-3)48-67-58-56(55(65)54(64)52(47-60)68-58)69-53(63)46-43-40-37-34-31-28-26-23-20-17-14-11-8-5-2/h28,31,41,44,49-52,54-56,58,60-62,64-65H,4-27,29-30,32-40,42-43,45-48H2,1-3H3,(H,59,66)/b31-28-,44-41+. The van der Waals surface area contributed by atoms with E-state index in [9.17, 15) is 35.1 Å². The highest BCUT2D eigenvalue weighted by Crippen LogP contribution is 2.26. The summed E-state index contributed by atoms with van der Waals surface area (Å²) in [4.78, 5) is 26.4. The molecule has 0 aliphatic carbocycles. The van der Waals surface area contributed by atoms with Crippen LogP contribution in [0.15, 0.2) is 24.3 Å². The van der Waals surface area contributed by atoms with Crippen LogP contribution in [0.1, 0.15) is 271 Å². The van der Waals surface area contributed by atoms with E-state index < -0.39 is 67.4 Å². The van der Waals surface area contributed by atoms with Crippen molar-refractivity contribution in [2.75, 3.05) is 13.2 Å². The molecule has 0 spiro atoms. The number of unbranched alkanes of at least 4 members (excludes halogenated alkanes) is 33. The quantitative estimate of drug-likeness (QED) is 0.0196. The molecule has 1 saturated heterocycles. The maximum atomic E-state index is 13.4. The number of carbonyl (C=O) groups is 2. The molecule has 11 nitrogen and oxygen atoms in total. The first-order valence-electron chi connectivity index (χ1n) is 29.1. The molecule has 1 fully saturated rings. The SMILES string of the molecule is CCCCCCCCC/C=C\CCCCCC(=O)OC1C(OCC(NC(=O)C(O)CCCCCCCCCCCCCCCC)C(O)/C=C/CCCCCCCCCCCC)OC(CO)C(O)C1O. The summed E-state index contributed by atoms with van der Waals surface area (Å²) in [7, 11) is 0. The monoisotopic (exact) mass is 980 g/mol. The van der Waals surface area contributed by atoms with Crippen molar-refractivity contribution < 1.29 is 49.3 Å². The Hall–Kier alpha value is -1.86. The van der Waals surface area contributed by atoms with Gasteiger partial charge in [0.05, 0.1) is 25.4 Å². The number of hydrogen-bond donors (Lipinski definition) is 6. The number of rotatable bonds is 49. The van der Waals surface area contributed by atoms with Crippen LogP contribution in [0.2, 0.25) is 0 Å². The molecule has 69 heavy (non-hydrogen) atoms. The molecule has 11 heteroatoms. The third kappa shape index (κ3) is 35.8. The minimum atomic E-state index is -1.61. The Morgan fingerprint density at radius 3 is 1.41 bits per heavy atom. The summed E-state index contributed by atoms with van der Waals surface area (Å²) in [5, 5.41) is 56.8. The number of nitrogens with one attached hydrogen (secondary N) is 1. The van der Waals surface area contributed by atoms with Crippen LogP contribution >= 0.6 is 0 Å². The summed E-state index contributed by atoms with van der Waals surface area (Å²) in [6, 6.07) is -1.02. The van der Waals surface area contributed by atoms with Crippen LogP contribution in [-0.2, 0) is 23.8 Å². The fourth-order valence-corrected chi connectivity index (χ4v) is 9.18. The van der Waals surface area contributed by atoms with Crippen LogP contribution in [0, 0.1) is 0 Å². The van der Waals surface area contributed by atoms with E-state index >= 15 is 0 Å². The van der Waals surface area contributed by atoms with Crippen LogP contribution in [-0.4, -0.2) is 99.6 Å². The van der Waals surface area contributed by atoms with E-state index in [1.54, 1.807) is 6.08 Å². The topological polar surface area (TPSA) is 175 Å². The van der Waals surface area contributed by atoms with Crippen LogP contribution in [0.3, 0.4) is 0 Å². The summed E-state index contributed by atoms with van der Waals surface area (Å²) < 4.78 is 17.6. The van der Waals surface area contributed by atoms with Crippen molar-refractivity contribution in [1.82, 2.24) is 5.32 Å². The average Bonchev–Trinajstić information content (AvgIpc) is 3.34. The van der Waals surface area contributed by atoms with Crippen molar-refractivity contribution in [2.45, 2.75) is 320 Å². The first kappa shape index (κ1) is 65.2. The first-order chi connectivity index (χ1) is 33.7. The lowest BCUT2D eigenvalue weighted by molar-refractivity contribution is -0.305. The Morgan fingerprint density at radius 1 is 0.551 bits per heavy atom. The molecule has 1 rings (SSSR count). The van der Waals surface area contributed by atoms with E-state index in [4.69, 9.17) is 14.2 Å². The van der Waals surface area contributed by atoms with E-state index in [2.05, 4.69) is 38.2 Å². The largest absolute Gasteiger partial charge is 0.454 e. The predicted molar refractivity (Wildman–Crippen MR) is 283 cm³/mol. The van der Waals surface area contributed by atoms with Crippen LogP contribution in [0.5, 0.6) is 0 Å². The van der Waals surface area contributed by atoms with Gasteiger partial charge in [0.1, 0.15) is 24.4 Å². The summed E-state index contributed by atoms with van der Waals surface area (Å²) in [6.07, 6.45) is 42.2. The second kappa shape index (κ2) is 47.2. The molecular formula is C58H109NO10. The normalized spacial score (nSPS) is 19.9. The van der Waals surface area contributed by atoms with Gasteiger partial charge in [-0.15, -0.1) is 0 Å². The van der Waals surface area contributed by atoms with Gasteiger partial charge in [-0.3, -0.25) is 9.59 Å². The molecule has 1 heterocycles. The summed E-state index contributed by atoms with van der Waals surface area (Å²) in [6.45, 7) is 5.78. The number of ether oxygens (including phenoxy) is 3. The van der Waals surface area contributed by atoms with Gasteiger partial charge in [-0.05, 0) is 51.4 Å². The van der Waals surface area contributed by atoms with Crippen molar-refractivity contribution >= 4 is 11.9 Å². The van der Waals surface area contributed by atoms with E-state index in [0.717, 1.165) is 64.2 Å². The molecular weight excluding hydrogens is 871 g/mol. The Balaban J connectivity index is 2.73. The zero-order valence-corrected chi connectivity index (χ0v) is 44.7. The molecule has 406 valence electrons. The van der Waals surface area contributed by atoms with Crippen molar-refractivity contribution in [2.24, 2.45) is 0 Å². The lowest BCUT2D eigenvalue weighted by Crippen LogP contribution is -2.61. The number of amides is 1. The number of aliphatic hydroxyl groups is 5. The highest BCUT2D eigenvalue weighted by atomic mass is 16.7. The highest BCUT2D eigenvalue weighted by molar-refractivity contribution is 5.80. The van der Waals surface area contributed by atoms with Gasteiger partial charge >= 0.3 is 5.97 Å². The van der Waals surface area contributed by atoms with Gasteiger partial charge in [0, 0.05) is 6.42 Å². The number of hydrogen-bond acceptors (Lipinski definition) is 10. The minimum absolute atomic E-state index is 0.107. The molecule has 0 bridgehead atoms. The van der Waals surface area contributed by atoms with Crippen molar-refractivity contribution in [3.8, 4) is 0 Å². The summed E-state index contributed by atoms with van der Waals surface area (Å²) >= 11 is 0. The zero-order chi connectivity index (χ0) is 50.4. The summed E-state index contributed by atoms with van der Waals surface area (Å²) in [5.41, 5.74) is 0. The van der Waals surface area contributed by atoms with Gasteiger partial charge in [-0.25, -0.2) is 0 Å². The van der Waals surface area contributed by atoms with Gasteiger partial charge in [0.25, 0.3) is 0 Å². The number of carbonyl (C=O) groups excluding carboxylic acids is 2. The van der Waals surface area contributed by atoms with Gasteiger partial charge in [0.2, 0.25) is 5.91 Å². The molecule has 0 radical (unpaired) electrons. The number of esters is 1. The number of allylic oxidation sites excluding steroid dienone is 3. The highest BCUT2D eigenvalue weighted by Gasteiger charge is 2.47. The lowest BCUT2D eigenvalue weighted by Gasteiger charge is -2.41. The van der Waals surface area contributed by atoms with Gasteiger partial charge in [0.15, 0.2) is 12.4 Å². The fraction of sp³-hybridized carbons (Fsp3) is 0.897. The van der Waals surface area contributed by atoms with Crippen LogP contribution in [0.25, 0.3) is 0 Å². The van der Waals surface area contributed by atoms with Crippen LogP contribution in [0.4, 0.5) is 0 Å². The van der Waals surface area contributed by atoms with Crippen LogP contribution < -0.4 is 5.32 Å². The second-order valence-corrected chi connectivity index (χ2v) is 20.4. The molecule has 8 unspecified atom stereocenters. The maximum Gasteiger partial charge on any atom is 0.306 e. The van der Waals surface area contributed by atoms with E-state index in [1.807, 2.05) is 6.08 Å². The van der Waals surface area contributed by atoms with Gasteiger partial charge in [-0.1, -0.05) is 238 Å². The third-order valence-electron chi connectivity index (χ3n) is 13.9. The molecule has 0 aromatic heterocycles. The molecule has 0 saturated carbocycles. The Morgan fingerprint density at radius 2 is 0.957 bits per heavy atom.